The van der Waals surface area contributed by atoms with Gasteiger partial charge in [-0.1, -0.05) is 30.3 Å². The van der Waals surface area contributed by atoms with Crippen LogP contribution < -0.4 is 5.73 Å². The summed E-state index contributed by atoms with van der Waals surface area (Å²) in [7, 11) is 0. The van der Waals surface area contributed by atoms with Gasteiger partial charge in [-0.3, -0.25) is 0 Å². The van der Waals surface area contributed by atoms with Gasteiger partial charge in [0.2, 0.25) is 0 Å². The lowest BCUT2D eigenvalue weighted by molar-refractivity contribution is 0.739. The standard InChI is InChI=1S/C13H17N3/c1-3-16-10(2)15-12(13(16)14)9-11-7-5-4-6-8-11/h4-8H,3,9,14H2,1-2H3. The first-order chi connectivity index (χ1) is 7.72. The molecule has 0 fully saturated rings. The molecule has 2 aromatic rings. The lowest BCUT2D eigenvalue weighted by atomic mass is 10.1. The number of hydrogen-bond acceptors (Lipinski definition) is 2. The highest BCUT2D eigenvalue weighted by Crippen LogP contribution is 2.17. The summed E-state index contributed by atoms with van der Waals surface area (Å²) in [5.41, 5.74) is 8.29. The Morgan fingerprint density at radius 1 is 1.25 bits per heavy atom. The number of benzene rings is 1. The van der Waals surface area contributed by atoms with Gasteiger partial charge < -0.3 is 10.3 Å². The third-order valence-electron chi connectivity index (χ3n) is 2.80. The van der Waals surface area contributed by atoms with Gasteiger partial charge in [0.05, 0.1) is 5.69 Å². The van der Waals surface area contributed by atoms with Crippen molar-refractivity contribution in [3.63, 3.8) is 0 Å². The molecule has 84 valence electrons. The van der Waals surface area contributed by atoms with Gasteiger partial charge in [0, 0.05) is 13.0 Å². The van der Waals surface area contributed by atoms with Gasteiger partial charge in [-0.2, -0.15) is 0 Å². The van der Waals surface area contributed by atoms with E-state index in [0.29, 0.717) is 0 Å². The molecular weight excluding hydrogens is 198 g/mol. The highest BCUT2D eigenvalue weighted by molar-refractivity contribution is 5.41. The Morgan fingerprint density at radius 2 is 1.94 bits per heavy atom. The van der Waals surface area contributed by atoms with E-state index in [1.54, 1.807) is 0 Å². The minimum atomic E-state index is 0.795. The van der Waals surface area contributed by atoms with Crippen LogP contribution in [0.15, 0.2) is 30.3 Å². The van der Waals surface area contributed by atoms with Crippen LogP contribution in [0, 0.1) is 6.92 Å². The van der Waals surface area contributed by atoms with E-state index in [9.17, 15) is 0 Å². The summed E-state index contributed by atoms with van der Waals surface area (Å²) >= 11 is 0. The molecule has 1 aromatic carbocycles. The summed E-state index contributed by atoms with van der Waals surface area (Å²) in [5.74, 6) is 1.79. The molecule has 0 saturated heterocycles. The molecule has 1 aromatic heterocycles. The van der Waals surface area contributed by atoms with Crippen molar-refractivity contribution in [2.75, 3.05) is 5.73 Å². The van der Waals surface area contributed by atoms with Crippen LogP contribution in [0.3, 0.4) is 0 Å². The first-order valence-electron chi connectivity index (χ1n) is 5.57. The Labute approximate surface area is 95.9 Å². The molecule has 0 atom stereocenters. The van der Waals surface area contributed by atoms with Crippen molar-refractivity contribution in [2.24, 2.45) is 0 Å². The van der Waals surface area contributed by atoms with Crippen molar-refractivity contribution >= 4 is 5.82 Å². The molecule has 2 N–H and O–H groups in total. The normalized spacial score (nSPS) is 10.6. The minimum absolute atomic E-state index is 0.795. The topological polar surface area (TPSA) is 43.8 Å². The van der Waals surface area contributed by atoms with Gasteiger partial charge in [0.1, 0.15) is 11.6 Å². The monoisotopic (exact) mass is 215 g/mol. The Bertz CT molecular complexity index is 471. The van der Waals surface area contributed by atoms with Crippen molar-refractivity contribution in [1.82, 2.24) is 9.55 Å². The van der Waals surface area contributed by atoms with Crippen LogP contribution in [0.5, 0.6) is 0 Å². The summed E-state index contributed by atoms with van der Waals surface area (Å²) in [6.07, 6.45) is 0.806. The SMILES string of the molecule is CCn1c(C)nc(Cc2ccccc2)c1N. The van der Waals surface area contributed by atoms with Crippen LogP contribution in [0.25, 0.3) is 0 Å². The zero-order valence-electron chi connectivity index (χ0n) is 9.77. The number of nitrogen functional groups attached to an aromatic ring is 1. The fourth-order valence-electron chi connectivity index (χ4n) is 1.96. The van der Waals surface area contributed by atoms with Gasteiger partial charge in [-0.15, -0.1) is 0 Å². The summed E-state index contributed by atoms with van der Waals surface area (Å²) in [5, 5.41) is 0. The molecule has 0 aliphatic carbocycles. The molecule has 0 amide bonds. The number of anilines is 1. The molecule has 2 rings (SSSR count). The van der Waals surface area contributed by atoms with Crippen molar-refractivity contribution < 1.29 is 0 Å². The predicted octanol–water partition coefficient (Wildman–Crippen LogP) is 2.38. The Balaban J connectivity index is 2.29. The van der Waals surface area contributed by atoms with E-state index in [1.165, 1.54) is 5.56 Å². The zero-order valence-corrected chi connectivity index (χ0v) is 9.77. The van der Waals surface area contributed by atoms with E-state index < -0.39 is 0 Å². The Morgan fingerprint density at radius 3 is 2.50 bits per heavy atom. The molecular formula is C13H17N3. The third kappa shape index (κ3) is 1.94. The fraction of sp³-hybridized carbons (Fsp3) is 0.308. The molecule has 3 nitrogen and oxygen atoms in total. The molecule has 0 bridgehead atoms. The molecule has 0 unspecified atom stereocenters. The van der Waals surface area contributed by atoms with Gasteiger partial charge in [0.25, 0.3) is 0 Å². The average Bonchev–Trinajstić information content (AvgIpc) is 2.55. The number of nitrogens with two attached hydrogens (primary N) is 1. The molecule has 0 spiro atoms. The minimum Gasteiger partial charge on any atom is -0.384 e. The van der Waals surface area contributed by atoms with Crippen LogP contribution in [-0.2, 0) is 13.0 Å². The predicted molar refractivity (Wildman–Crippen MR) is 66.3 cm³/mol. The number of nitrogens with zero attached hydrogens (tertiary/aromatic N) is 2. The van der Waals surface area contributed by atoms with Crippen molar-refractivity contribution in [2.45, 2.75) is 26.8 Å². The molecule has 16 heavy (non-hydrogen) atoms. The van der Waals surface area contributed by atoms with Gasteiger partial charge in [-0.05, 0) is 19.4 Å². The van der Waals surface area contributed by atoms with Gasteiger partial charge in [-0.25, -0.2) is 4.98 Å². The summed E-state index contributed by atoms with van der Waals surface area (Å²) in [6, 6.07) is 10.3. The van der Waals surface area contributed by atoms with Crippen LogP contribution in [0.4, 0.5) is 5.82 Å². The molecule has 3 heteroatoms. The molecule has 0 radical (unpaired) electrons. The van der Waals surface area contributed by atoms with E-state index in [2.05, 4.69) is 24.0 Å². The number of aryl methyl sites for hydroxylation is 1. The number of imidazole rings is 1. The summed E-state index contributed by atoms with van der Waals surface area (Å²) < 4.78 is 2.04. The highest BCUT2D eigenvalue weighted by Gasteiger charge is 2.10. The highest BCUT2D eigenvalue weighted by atomic mass is 15.1. The van der Waals surface area contributed by atoms with Crippen molar-refractivity contribution in [3.8, 4) is 0 Å². The van der Waals surface area contributed by atoms with Gasteiger partial charge in [0.15, 0.2) is 0 Å². The maximum absolute atomic E-state index is 6.06. The Hall–Kier alpha value is -1.77. The Kier molecular flexibility index (Phi) is 2.95. The maximum Gasteiger partial charge on any atom is 0.127 e. The van der Waals surface area contributed by atoms with Crippen LogP contribution in [0.1, 0.15) is 24.0 Å². The van der Waals surface area contributed by atoms with E-state index in [0.717, 1.165) is 30.3 Å². The summed E-state index contributed by atoms with van der Waals surface area (Å²) in [6.45, 7) is 4.95. The molecule has 1 heterocycles. The van der Waals surface area contributed by atoms with Crippen LogP contribution >= 0.6 is 0 Å². The van der Waals surface area contributed by atoms with Crippen molar-refractivity contribution in [3.05, 3.63) is 47.4 Å². The van der Waals surface area contributed by atoms with E-state index in [4.69, 9.17) is 5.73 Å². The van der Waals surface area contributed by atoms with Crippen molar-refractivity contribution in [1.29, 1.82) is 0 Å². The molecule has 0 aliphatic rings. The average molecular weight is 215 g/mol. The third-order valence-corrected chi connectivity index (χ3v) is 2.80. The molecule has 0 aliphatic heterocycles. The van der Waals surface area contributed by atoms with E-state index in [1.807, 2.05) is 29.7 Å². The zero-order chi connectivity index (χ0) is 11.5. The first-order valence-corrected chi connectivity index (χ1v) is 5.57. The second kappa shape index (κ2) is 4.39. The van der Waals surface area contributed by atoms with Gasteiger partial charge >= 0.3 is 0 Å². The quantitative estimate of drug-likeness (QED) is 0.854. The lowest BCUT2D eigenvalue weighted by Gasteiger charge is -2.03. The van der Waals surface area contributed by atoms with E-state index in [-0.39, 0.29) is 0 Å². The number of rotatable bonds is 3. The fourth-order valence-corrected chi connectivity index (χ4v) is 1.96. The largest absolute Gasteiger partial charge is 0.384 e. The number of hydrogen-bond donors (Lipinski definition) is 1. The van der Waals surface area contributed by atoms with E-state index >= 15 is 0 Å². The second-order valence-corrected chi connectivity index (χ2v) is 3.90. The van der Waals surface area contributed by atoms with Crippen LogP contribution in [-0.4, -0.2) is 9.55 Å². The second-order valence-electron chi connectivity index (χ2n) is 3.90. The smallest absolute Gasteiger partial charge is 0.127 e. The van der Waals surface area contributed by atoms with Crippen LogP contribution in [0.2, 0.25) is 0 Å². The first kappa shape index (κ1) is 10.7. The molecule has 0 saturated carbocycles. The number of aromatic nitrogens is 2. The maximum atomic E-state index is 6.06. The summed E-state index contributed by atoms with van der Waals surface area (Å²) in [4.78, 5) is 4.51. The lowest BCUT2D eigenvalue weighted by Crippen LogP contribution is -2.03.